The smallest absolute Gasteiger partial charge is 0.248 e. The highest BCUT2D eigenvalue weighted by Crippen LogP contribution is 2.34. The summed E-state index contributed by atoms with van der Waals surface area (Å²) in [6.07, 6.45) is 3.37. The van der Waals surface area contributed by atoms with Crippen molar-refractivity contribution in [2.24, 2.45) is 5.10 Å². The van der Waals surface area contributed by atoms with Gasteiger partial charge in [-0.3, -0.25) is 14.6 Å². The zero-order valence-corrected chi connectivity index (χ0v) is 16.1. The first-order valence-corrected chi connectivity index (χ1v) is 9.47. The Hall–Kier alpha value is -3.55. The molecule has 8 heteroatoms. The van der Waals surface area contributed by atoms with Crippen LogP contribution in [-0.2, 0) is 9.59 Å². The first kappa shape index (κ1) is 18.8. The highest BCUT2D eigenvalue weighted by atomic mass is 16.7. The van der Waals surface area contributed by atoms with Gasteiger partial charge in [0.25, 0.3) is 0 Å². The van der Waals surface area contributed by atoms with Crippen LogP contribution in [-0.4, -0.2) is 42.4 Å². The van der Waals surface area contributed by atoms with Crippen LogP contribution in [0.3, 0.4) is 0 Å². The van der Waals surface area contributed by atoms with Crippen molar-refractivity contribution in [2.75, 3.05) is 24.0 Å². The van der Waals surface area contributed by atoms with Crippen molar-refractivity contribution < 1.29 is 19.1 Å². The third-order valence-electron chi connectivity index (χ3n) is 4.75. The number of ether oxygens (including phenoxy) is 2. The lowest BCUT2D eigenvalue weighted by Gasteiger charge is -2.20. The number of hydrogen-bond acceptors (Lipinski definition) is 6. The summed E-state index contributed by atoms with van der Waals surface area (Å²) in [5.41, 5.74) is 2.29. The summed E-state index contributed by atoms with van der Waals surface area (Å²) < 4.78 is 10.6. The molecule has 2 aliphatic rings. The monoisotopic (exact) mass is 394 g/mol. The average molecular weight is 394 g/mol. The topological polar surface area (TPSA) is 92.3 Å². The molecule has 2 aromatic rings. The fourth-order valence-electron chi connectivity index (χ4n) is 3.35. The van der Waals surface area contributed by atoms with Crippen molar-refractivity contribution in [3.05, 3.63) is 48.0 Å². The van der Waals surface area contributed by atoms with E-state index < -0.39 is 0 Å². The number of hydrazone groups is 1. The Morgan fingerprint density at radius 3 is 2.62 bits per heavy atom. The molecule has 4 rings (SSSR count). The summed E-state index contributed by atoms with van der Waals surface area (Å²) in [7, 11) is 0. The molecule has 0 aliphatic carbocycles. The summed E-state index contributed by atoms with van der Waals surface area (Å²) in [4.78, 5) is 23.8. The van der Waals surface area contributed by atoms with Gasteiger partial charge in [0.2, 0.25) is 18.6 Å². The van der Waals surface area contributed by atoms with Gasteiger partial charge < -0.3 is 20.1 Å². The number of hydrogen-bond donors (Lipinski definition) is 2. The number of nitrogens with zero attached hydrogens (tertiary/aromatic N) is 2. The van der Waals surface area contributed by atoms with Crippen LogP contribution in [0.15, 0.2) is 47.6 Å². The Kier molecular flexibility index (Phi) is 5.33. The second-order valence-electron chi connectivity index (χ2n) is 6.93. The summed E-state index contributed by atoms with van der Waals surface area (Å²) in [5, 5.41) is 12.0. The predicted octanol–water partition coefficient (Wildman–Crippen LogP) is 2.81. The van der Waals surface area contributed by atoms with Crippen LogP contribution < -0.4 is 20.1 Å². The molecule has 150 valence electrons. The lowest BCUT2D eigenvalue weighted by Crippen LogP contribution is -2.36. The van der Waals surface area contributed by atoms with E-state index in [1.807, 2.05) is 29.3 Å². The Bertz CT molecular complexity index is 942. The maximum atomic E-state index is 12.7. The van der Waals surface area contributed by atoms with Gasteiger partial charge in [0.05, 0.1) is 6.21 Å². The van der Waals surface area contributed by atoms with E-state index in [1.54, 1.807) is 24.4 Å². The predicted molar refractivity (Wildman–Crippen MR) is 109 cm³/mol. The highest BCUT2D eigenvalue weighted by Gasteiger charge is 2.30. The SMILES string of the molecule is CC(=O)Nc1ccc(/C=N/N2CCCC2C(=O)Nc2ccc3c(c2)OCO3)cc1. The normalized spacial score (nSPS) is 17.6. The van der Waals surface area contributed by atoms with Crippen LogP contribution in [0.1, 0.15) is 25.3 Å². The van der Waals surface area contributed by atoms with E-state index in [9.17, 15) is 9.59 Å². The molecule has 1 unspecified atom stereocenters. The molecule has 1 atom stereocenters. The maximum Gasteiger partial charge on any atom is 0.248 e. The minimum absolute atomic E-state index is 0.0977. The first-order valence-electron chi connectivity index (χ1n) is 9.47. The van der Waals surface area contributed by atoms with E-state index in [1.165, 1.54) is 6.92 Å². The lowest BCUT2D eigenvalue weighted by molar-refractivity contribution is -0.120. The molecule has 0 saturated carbocycles. The van der Waals surface area contributed by atoms with Gasteiger partial charge in [-0.15, -0.1) is 0 Å². The van der Waals surface area contributed by atoms with E-state index in [0.717, 1.165) is 30.6 Å². The second kappa shape index (κ2) is 8.22. The number of nitrogens with one attached hydrogen (secondary N) is 2. The number of amides is 2. The molecule has 2 aliphatic heterocycles. The van der Waals surface area contributed by atoms with Crippen molar-refractivity contribution in [3.63, 3.8) is 0 Å². The summed E-state index contributed by atoms with van der Waals surface area (Å²) in [6.45, 7) is 2.39. The van der Waals surface area contributed by atoms with Gasteiger partial charge in [0.1, 0.15) is 6.04 Å². The van der Waals surface area contributed by atoms with Gasteiger partial charge in [0.15, 0.2) is 11.5 Å². The van der Waals surface area contributed by atoms with Gasteiger partial charge in [-0.05, 0) is 42.7 Å². The van der Waals surface area contributed by atoms with Gasteiger partial charge in [-0.2, -0.15) is 5.10 Å². The Morgan fingerprint density at radius 2 is 1.83 bits per heavy atom. The van der Waals surface area contributed by atoms with Gasteiger partial charge in [-0.25, -0.2) is 0 Å². The first-order chi connectivity index (χ1) is 14.1. The summed E-state index contributed by atoms with van der Waals surface area (Å²) >= 11 is 0. The van der Waals surface area contributed by atoms with E-state index in [-0.39, 0.29) is 24.6 Å². The van der Waals surface area contributed by atoms with Crippen molar-refractivity contribution in [2.45, 2.75) is 25.8 Å². The molecule has 29 heavy (non-hydrogen) atoms. The fourth-order valence-corrected chi connectivity index (χ4v) is 3.35. The van der Waals surface area contributed by atoms with Crippen molar-refractivity contribution >= 4 is 29.4 Å². The van der Waals surface area contributed by atoms with Crippen LogP contribution in [0.25, 0.3) is 0 Å². The molecule has 0 bridgehead atoms. The molecular weight excluding hydrogens is 372 g/mol. The van der Waals surface area contributed by atoms with Gasteiger partial charge in [0, 0.05) is 30.9 Å². The van der Waals surface area contributed by atoms with Crippen LogP contribution in [0.5, 0.6) is 11.5 Å². The Labute approximate surface area is 168 Å². The molecule has 8 nitrogen and oxygen atoms in total. The minimum atomic E-state index is -0.324. The number of benzene rings is 2. The van der Waals surface area contributed by atoms with E-state index in [2.05, 4.69) is 15.7 Å². The van der Waals surface area contributed by atoms with Gasteiger partial charge >= 0.3 is 0 Å². The number of carbonyl (C=O) groups is 2. The Morgan fingerprint density at radius 1 is 1.07 bits per heavy atom. The molecule has 2 N–H and O–H groups in total. The van der Waals surface area contributed by atoms with Crippen LogP contribution in [0, 0.1) is 0 Å². The quantitative estimate of drug-likeness (QED) is 0.761. The molecule has 0 aromatic heterocycles. The number of carbonyl (C=O) groups excluding carboxylic acids is 2. The highest BCUT2D eigenvalue weighted by molar-refractivity contribution is 5.95. The molecule has 2 aromatic carbocycles. The van der Waals surface area contributed by atoms with E-state index in [4.69, 9.17) is 9.47 Å². The van der Waals surface area contributed by atoms with Crippen molar-refractivity contribution in [3.8, 4) is 11.5 Å². The summed E-state index contributed by atoms with van der Waals surface area (Å²) in [6, 6.07) is 12.4. The third kappa shape index (κ3) is 4.48. The molecular formula is C21H22N4O4. The van der Waals surface area contributed by atoms with Gasteiger partial charge in [-0.1, -0.05) is 12.1 Å². The zero-order valence-electron chi connectivity index (χ0n) is 16.1. The van der Waals surface area contributed by atoms with Crippen molar-refractivity contribution in [1.29, 1.82) is 0 Å². The van der Waals surface area contributed by atoms with E-state index >= 15 is 0 Å². The van der Waals surface area contributed by atoms with Crippen LogP contribution in [0.2, 0.25) is 0 Å². The van der Waals surface area contributed by atoms with Crippen LogP contribution >= 0.6 is 0 Å². The summed E-state index contributed by atoms with van der Waals surface area (Å²) in [5.74, 6) is 1.10. The average Bonchev–Trinajstić information content (AvgIpc) is 3.36. The fraction of sp³-hybridized carbons (Fsp3) is 0.286. The molecule has 0 spiro atoms. The molecule has 1 saturated heterocycles. The third-order valence-corrected chi connectivity index (χ3v) is 4.75. The molecule has 2 amide bonds. The Balaban J connectivity index is 1.38. The number of anilines is 2. The minimum Gasteiger partial charge on any atom is -0.454 e. The largest absolute Gasteiger partial charge is 0.454 e. The number of rotatable bonds is 5. The lowest BCUT2D eigenvalue weighted by atomic mass is 10.2. The molecule has 0 radical (unpaired) electrons. The van der Waals surface area contributed by atoms with Crippen molar-refractivity contribution in [1.82, 2.24) is 5.01 Å². The molecule has 2 heterocycles. The standard InChI is InChI=1S/C21H22N4O4/c1-14(26)23-16-6-4-15(5-7-16)12-22-25-10-2-3-18(25)21(27)24-17-8-9-19-20(11-17)29-13-28-19/h4-9,11-12,18H,2-3,10,13H2,1H3,(H,23,26)(H,24,27)/b22-12+. The van der Waals surface area contributed by atoms with E-state index in [0.29, 0.717) is 17.2 Å². The zero-order chi connectivity index (χ0) is 20.2. The second-order valence-corrected chi connectivity index (χ2v) is 6.93. The van der Waals surface area contributed by atoms with Crippen LogP contribution in [0.4, 0.5) is 11.4 Å². The maximum absolute atomic E-state index is 12.7. The molecule has 1 fully saturated rings. The number of fused-ring (bicyclic) bond motifs is 1.